The summed E-state index contributed by atoms with van der Waals surface area (Å²) < 4.78 is 117. The van der Waals surface area contributed by atoms with Crippen LogP contribution in [-0.2, 0) is 22.9 Å². The van der Waals surface area contributed by atoms with Crippen LogP contribution in [0.1, 0.15) is 75.6 Å². The Morgan fingerprint density at radius 2 is 1.43 bits per heavy atom. The first-order valence-corrected chi connectivity index (χ1v) is 16.3. The molecule has 0 aliphatic rings. The minimum Gasteiger partial charge on any atom is -0.481 e. The lowest BCUT2D eigenvalue weighted by molar-refractivity contribution is -0.215. The van der Waals surface area contributed by atoms with E-state index < -0.39 is 70.3 Å². The van der Waals surface area contributed by atoms with E-state index in [1.165, 1.54) is 24.3 Å². The quantitative estimate of drug-likeness (QED) is 0.0787. The van der Waals surface area contributed by atoms with Crippen molar-refractivity contribution in [1.29, 1.82) is 0 Å². The van der Waals surface area contributed by atoms with Crippen LogP contribution < -0.4 is 15.4 Å². The van der Waals surface area contributed by atoms with Crippen LogP contribution in [0.4, 0.5) is 35.1 Å². The summed E-state index contributed by atoms with van der Waals surface area (Å²) in [6.45, 7) is 0.745. The van der Waals surface area contributed by atoms with Crippen LogP contribution in [0.15, 0.2) is 91.0 Å². The molecule has 4 rings (SSSR count). The van der Waals surface area contributed by atoms with Gasteiger partial charge in [-0.05, 0) is 78.9 Å². The maximum absolute atomic E-state index is 15.3. The van der Waals surface area contributed by atoms with E-state index in [9.17, 15) is 45.1 Å². The fraction of sp³-hybridized carbons (Fsp3) is 0.289. The SMILES string of the molecule is CC(F)C(F)(F)Oc1cc(F)cc([C@](Cc2ccccc2)(NC(=O)c2ccc(F)c(C(F)(F)F)c2)c2ccc(C(=O)NCCCCCC(=O)O)cc2)c1. The number of carboxylic acid groups (broad SMARTS) is 1. The highest BCUT2D eigenvalue weighted by molar-refractivity contribution is 5.96. The molecule has 0 bridgehead atoms. The molecule has 4 aromatic carbocycles. The number of carboxylic acids is 1. The van der Waals surface area contributed by atoms with Gasteiger partial charge < -0.3 is 20.5 Å². The lowest BCUT2D eigenvalue weighted by Gasteiger charge is -2.37. The second kappa shape index (κ2) is 16.9. The molecule has 0 aliphatic heterocycles. The molecule has 0 saturated heterocycles. The van der Waals surface area contributed by atoms with Crippen molar-refractivity contribution in [3.8, 4) is 5.75 Å². The van der Waals surface area contributed by atoms with Crippen molar-refractivity contribution < 1.29 is 59.4 Å². The van der Waals surface area contributed by atoms with Crippen LogP contribution in [0.25, 0.3) is 0 Å². The van der Waals surface area contributed by atoms with Crippen molar-refractivity contribution in [3.05, 3.63) is 136 Å². The summed E-state index contributed by atoms with van der Waals surface area (Å²) in [5, 5.41) is 14.1. The van der Waals surface area contributed by atoms with Crippen LogP contribution in [-0.4, -0.2) is 41.7 Å². The fourth-order valence-electron chi connectivity index (χ4n) is 5.51. The molecule has 4 aromatic rings. The van der Waals surface area contributed by atoms with E-state index in [-0.39, 0.29) is 42.1 Å². The average Bonchev–Trinajstić information content (AvgIpc) is 3.08. The van der Waals surface area contributed by atoms with Gasteiger partial charge in [0.2, 0.25) is 6.17 Å². The molecule has 0 aliphatic carbocycles. The molecule has 0 radical (unpaired) electrons. The largest absolute Gasteiger partial charge is 0.481 e. The Morgan fingerprint density at radius 1 is 0.774 bits per heavy atom. The van der Waals surface area contributed by atoms with Gasteiger partial charge in [0.15, 0.2) is 0 Å². The molecular formula is C38H34F8N2O5. The molecule has 2 atom stereocenters. The van der Waals surface area contributed by atoms with Crippen molar-refractivity contribution in [2.45, 2.75) is 63.0 Å². The van der Waals surface area contributed by atoms with E-state index in [0.717, 1.165) is 18.2 Å². The summed E-state index contributed by atoms with van der Waals surface area (Å²) in [6.07, 6.45) is -11.3. The number of amides is 2. The Morgan fingerprint density at radius 3 is 2.06 bits per heavy atom. The Hall–Kier alpha value is -5.47. The number of alkyl halides is 6. The molecule has 0 spiro atoms. The number of rotatable bonds is 16. The molecular weight excluding hydrogens is 716 g/mol. The normalized spacial score (nSPS) is 13.5. The topological polar surface area (TPSA) is 105 Å². The van der Waals surface area contributed by atoms with Crippen LogP contribution >= 0.6 is 0 Å². The van der Waals surface area contributed by atoms with Crippen molar-refractivity contribution >= 4 is 17.8 Å². The van der Waals surface area contributed by atoms with Gasteiger partial charge in [-0.3, -0.25) is 14.4 Å². The number of hydrogen-bond donors (Lipinski definition) is 3. The van der Waals surface area contributed by atoms with Crippen LogP contribution in [0.2, 0.25) is 0 Å². The van der Waals surface area contributed by atoms with Gasteiger partial charge >= 0.3 is 18.3 Å². The number of carbonyl (C=O) groups excluding carboxylic acids is 2. The summed E-state index contributed by atoms with van der Waals surface area (Å²) >= 11 is 0. The highest BCUT2D eigenvalue weighted by Crippen LogP contribution is 2.39. The van der Waals surface area contributed by atoms with E-state index in [4.69, 9.17) is 5.11 Å². The predicted octanol–water partition coefficient (Wildman–Crippen LogP) is 8.60. The molecule has 0 aromatic heterocycles. The van der Waals surface area contributed by atoms with E-state index in [1.807, 2.05) is 0 Å². The van der Waals surface area contributed by atoms with Gasteiger partial charge in [-0.15, -0.1) is 0 Å². The molecule has 7 nitrogen and oxygen atoms in total. The minimum absolute atomic E-state index is 0.0162. The highest BCUT2D eigenvalue weighted by Gasteiger charge is 2.42. The maximum Gasteiger partial charge on any atom is 0.429 e. The van der Waals surface area contributed by atoms with Gasteiger partial charge in [-0.2, -0.15) is 22.0 Å². The van der Waals surface area contributed by atoms with Crippen molar-refractivity contribution in [3.63, 3.8) is 0 Å². The van der Waals surface area contributed by atoms with Crippen molar-refractivity contribution in [2.75, 3.05) is 6.54 Å². The molecule has 282 valence electrons. The third-order valence-electron chi connectivity index (χ3n) is 8.25. The van der Waals surface area contributed by atoms with E-state index in [2.05, 4.69) is 15.4 Å². The Kier molecular flexibility index (Phi) is 12.9. The monoisotopic (exact) mass is 750 g/mol. The summed E-state index contributed by atoms with van der Waals surface area (Å²) in [4.78, 5) is 37.5. The lowest BCUT2D eigenvalue weighted by Crippen LogP contribution is -2.49. The van der Waals surface area contributed by atoms with E-state index in [0.29, 0.717) is 43.9 Å². The molecule has 53 heavy (non-hydrogen) atoms. The number of unbranched alkanes of at least 4 members (excludes halogenated alkanes) is 2. The first kappa shape index (κ1) is 40.3. The molecule has 1 unspecified atom stereocenters. The van der Waals surface area contributed by atoms with Gasteiger partial charge in [0.1, 0.15) is 17.4 Å². The van der Waals surface area contributed by atoms with E-state index >= 15 is 4.39 Å². The first-order chi connectivity index (χ1) is 24.9. The van der Waals surface area contributed by atoms with Crippen LogP contribution in [0, 0.1) is 11.6 Å². The summed E-state index contributed by atoms with van der Waals surface area (Å²) in [6, 6.07) is 17.4. The van der Waals surface area contributed by atoms with Gasteiger partial charge in [0.25, 0.3) is 11.8 Å². The maximum atomic E-state index is 15.3. The fourth-order valence-corrected chi connectivity index (χ4v) is 5.51. The Labute approximate surface area is 299 Å². The minimum atomic E-state index is -5.18. The zero-order valence-corrected chi connectivity index (χ0v) is 28.1. The Balaban J connectivity index is 1.84. The number of ether oxygens (including phenoxy) is 1. The zero-order valence-electron chi connectivity index (χ0n) is 28.1. The zero-order chi connectivity index (χ0) is 39.0. The number of hydrogen-bond acceptors (Lipinski definition) is 4. The predicted molar refractivity (Wildman–Crippen MR) is 177 cm³/mol. The number of aliphatic carboxylic acids is 1. The third kappa shape index (κ3) is 10.5. The molecule has 0 fully saturated rings. The lowest BCUT2D eigenvalue weighted by atomic mass is 9.77. The standard InChI is InChI=1S/C38H34F8N2O5/c1-23(39)38(45,46)53-30-20-28(19-29(40)21-30)36(22-24-8-4-2-5-9-24,48-35(52)26-13-16-32(41)31(18-26)37(42,43)44)27-14-11-25(12-15-27)34(51)47-17-7-3-6-10-33(49)50/h2,4-5,8-9,11-16,18-21,23H,3,6-7,10,17,22H2,1H3,(H,47,51)(H,48,52)(H,49,50)/t23?,36-/m1/s1. The van der Waals surface area contributed by atoms with Crippen LogP contribution in [0.3, 0.4) is 0 Å². The first-order valence-electron chi connectivity index (χ1n) is 16.3. The number of nitrogens with one attached hydrogen (secondary N) is 2. The molecule has 3 N–H and O–H groups in total. The third-order valence-corrected chi connectivity index (χ3v) is 8.25. The van der Waals surface area contributed by atoms with Gasteiger partial charge in [0, 0.05) is 36.6 Å². The van der Waals surface area contributed by atoms with Crippen molar-refractivity contribution in [1.82, 2.24) is 10.6 Å². The highest BCUT2D eigenvalue weighted by atomic mass is 19.4. The molecule has 0 heterocycles. The van der Waals surface area contributed by atoms with E-state index in [1.54, 1.807) is 30.3 Å². The van der Waals surface area contributed by atoms with Gasteiger partial charge in [-0.25, -0.2) is 13.2 Å². The van der Waals surface area contributed by atoms with Gasteiger partial charge in [0.05, 0.1) is 11.1 Å². The number of halogens is 8. The Bertz CT molecular complexity index is 1900. The number of carbonyl (C=O) groups is 3. The molecule has 15 heteroatoms. The van der Waals surface area contributed by atoms with Crippen molar-refractivity contribution in [2.24, 2.45) is 0 Å². The summed E-state index contributed by atoms with van der Waals surface area (Å²) in [5.74, 6) is -6.32. The van der Waals surface area contributed by atoms with Gasteiger partial charge in [-0.1, -0.05) is 48.9 Å². The molecule has 2 amide bonds. The van der Waals surface area contributed by atoms with Crippen LogP contribution in [0.5, 0.6) is 5.75 Å². The second-order valence-corrected chi connectivity index (χ2v) is 12.2. The average molecular weight is 751 g/mol. The smallest absolute Gasteiger partial charge is 0.429 e. The molecule has 0 saturated carbocycles. The number of benzene rings is 4. The summed E-state index contributed by atoms with van der Waals surface area (Å²) in [7, 11) is 0. The second-order valence-electron chi connectivity index (χ2n) is 12.2. The summed E-state index contributed by atoms with van der Waals surface area (Å²) in [5.41, 5.74) is -3.99.